The van der Waals surface area contributed by atoms with Crippen molar-refractivity contribution < 1.29 is 5.11 Å². The molecule has 5 rings (SSSR count). The maximum Gasteiger partial charge on any atom is 0.0845 e. The summed E-state index contributed by atoms with van der Waals surface area (Å²) in [4.78, 5) is 5.16. The van der Waals surface area contributed by atoms with E-state index in [0.29, 0.717) is 6.54 Å². The van der Waals surface area contributed by atoms with Crippen LogP contribution >= 0.6 is 0 Å². The van der Waals surface area contributed by atoms with Crippen LogP contribution in [0.25, 0.3) is 21.8 Å². The lowest BCUT2D eigenvalue weighted by Crippen LogP contribution is -2.52. The highest BCUT2D eigenvalue weighted by Gasteiger charge is 2.26. The normalized spacial score (nSPS) is 21.1. The van der Waals surface area contributed by atoms with E-state index in [2.05, 4.69) is 62.9 Å². The van der Waals surface area contributed by atoms with E-state index in [-0.39, 0.29) is 6.10 Å². The minimum Gasteiger partial charge on any atom is -0.390 e. The molecule has 0 bridgehead atoms. The van der Waals surface area contributed by atoms with Crippen LogP contribution in [0.15, 0.2) is 48.5 Å². The SMILES string of the molecule is OC(CN1CCN(C2CCCCC2)CC1)Cn1c2ccccc2c2ccccc21. The molecule has 2 aliphatic rings. The number of hydrogen-bond donors (Lipinski definition) is 1. The first-order valence-corrected chi connectivity index (χ1v) is 11.4. The number of para-hydroxylation sites is 2. The van der Waals surface area contributed by atoms with E-state index in [1.807, 2.05) is 0 Å². The van der Waals surface area contributed by atoms with Crippen molar-refractivity contribution in [2.45, 2.75) is 50.8 Å². The Morgan fingerprint density at radius 2 is 1.34 bits per heavy atom. The fourth-order valence-corrected chi connectivity index (χ4v) is 5.52. The maximum absolute atomic E-state index is 10.9. The molecular weight excluding hydrogens is 358 g/mol. The fraction of sp³-hybridized carbons (Fsp3) is 0.520. The number of aliphatic hydroxyl groups excluding tert-OH is 1. The lowest BCUT2D eigenvalue weighted by atomic mass is 9.94. The standard InChI is InChI=1S/C25H33N3O/c29-21(18-26-14-16-27(17-15-26)20-8-2-1-3-9-20)19-28-24-12-6-4-10-22(24)23-11-5-7-13-25(23)28/h4-7,10-13,20-21,29H,1-3,8-9,14-19H2. The zero-order valence-corrected chi connectivity index (χ0v) is 17.3. The third-order valence-electron chi connectivity index (χ3n) is 7.04. The molecule has 2 heterocycles. The highest BCUT2D eigenvalue weighted by molar-refractivity contribution is 6.07. The van der Waals surface area contributed by atoms with Crippen molar-refractivity contribution in [1.29, 1.82) is 0 Å². The molecule has 1 aliphatic carbocycles. The number of benzene rings is 2. The Labute approximate surface area is 173 Å². The number of hydrogen-bond acceptors (Lipinski definition) is 3. The summed E-state index contributed by atoms with van der Waals surface area (Å²) in [6, 6.07) is 17.9. The molecule has 2 fully saturated rings. The lowest BCUT2D eigenvalue weighted by Gasteiger charge is -2.41. The van der Waals surface area contributed by atoms with Gasteiger partial charge in [-0.2, -0.15) is 0 Å². The van der Waals surface area contributed by atoms with Gasteiger partial charge in [0.05, 0.1) is 12.6 Å². The molecular formula is C25H33N3O. The summed E-state index contributed by atoms with van der Waals surface area (Å²) in [5, 5.41) is 13.5. The van der Waals surface area contributed by atoms with Gasteiger partial charge >= 0.3 is 0 Å². The molecule has 29 heavy (non-hydrogen) atoms. The monoisotopic (exact) mass is 391 g/mol. The van der Waals surface area contributed by atoms with Crippen LogP contribution in [0.2, 0.25) is 0 Å². The van der Waals surface area contributed by atoms with E-state index in [1.165, 1.54) is 53.9 Å². The fourth-order valence-electron chi connectivity index (χ4n) is 5.52. The molecule has 2 aromatic carbocycles. The first-order valence-electron chi connectivity index (χ1n) is 11.4. The number of aromatic nitrogens is 1. The number of β-amino-alcohol motifs (C(OH)–C–C–N with tert-alkyl or cyclic N) is 1. The first-order chi connectivity index (χ1) is 14.3. The second-order valence-corrected chi connectivity index (χ2v) is 8.93. The smallest absolute Gasteiger partial charge is 0.0845 e. The second-order valence-electron chi connectivity index (χ2n) is 8.93. The minimum atomic E-state index is -0.351. The molecule has 3 aromatic rings. The van der Waals surface area contributed by atoms with Gasteiger partial charge in [0.15, 0.2) is 0 Å². The summed E-state index contributed by atoms with van der Waals surface area (Å²) < 4.78 is 2.30. The largest absolute Gasteiger partial charge is 0.390 e. The molecule has 1 N–H and O–H groups in total. The summed E-state index contributed by atoms with van der Waals surface area (Å²) in [6.45, 7) is 5.90. The predicted molar refractivity (Wildman–Crippen MR) is 120 cm³/mol. The molecule has 4 nitrogen and oxygen atoms in total. The van der Waals surface area contributed by atoms with Crippen LogP contribution < -0.4 is 0 Å². The zero-order valence-electron chi connectivity index (χ0n) is 17.3. The number of piperazine rings is 1. The Bertz CT molecular complexity index is 898. The van der Waals surface area contributed by atoms with Gasteiger partial charge in [-0.15, -0.1) is 0 Å². The third kappa shape index (κ3) is 3.94. The van der Waals surface area contributed by atoms with E-state index in [4.69, 9.17) is 0 Å². The van der Waals surface area contributed by atoms with Crippen molar-refractivity contribution in [2.24, 2.45) is 0 Å². The van der Waals surface area contributed by atoms with E-state index >= 15 is 0 Å². The molecule has 0 radical (unpaired) electrons. The van der Waals surface area contributed by atoms with E-state index < -0.39 is 0 Å². The summed E-state index contributed by atoms with van der Waals surface area (Å²) in [6.07, 6.45) is 6.65. The van der Waals surface area contributed by atoms with E-state index in [1.54, 1.807) is 0 Å². The molecule has 1 aromatic heterocycles. The van der Waals surface area contributed by atoms with Crippen LogP contribution in [0.5, 0.6) is 0 Å². The number of aliphatic hydroxyl groups is 1. The summed E-state index contributed by atoms with van der Waals surface area (Å²) in [5.74, 6) is 0. The average molecular weight is 392 g/mol. The van der Waals surface area contributed by atoms with Crippen LogP contribution in [0.3, 0.4) is 0 Å². The topological polar surface area (TPSA) is 31.6 Å². The van der Waals surface area contributed by atoms with Gasteiger partial charge in [0.25, 0.3) is 0 Å². The molecule has 154 valence electrons. The van der Waals surface area contributed by atoms with Gasteiger partial charge in [-0.05, 0) is 25.0 Å². The van der Waals surface area contributed by atoms with Crippen LogP contribution in [-0.2, 0) is 6.54 Å². The van der Waals surface area contributed by atoms with E-state index in [0.717, 1.165) is 38.8 Å². The van der Waals surface area contributed by atoms with Crippen molar-refractivity contribution in [3.63, 3.8) is 0 Å². The molecule has 0 amide bonds. The minimum absolute atomic E-state index is 0.351. The van der Waals surface area contributed by atoms with Crippen LogP contribution in [-0.4, -0.2) is 64.3 Å². The molecule has 4 heteroatoms. The number of nitrogens with zero attached hydrogens (tertiary/aromatic N) is 3. The third-order valence-corrected chi connectivity index (χ3v) is 7.04. The first kappa shape index (κ1) is 19.1. The van der Waals surface area contributed by atoms with E-state index in [9.17, 15) is 5.11 Å². The molecule has 0 spiro atoms. The van der Waals surface area contributed by atoms with Gasteiger partial charge in [-0.1, -0.05) is 55.7 Å². The lowest BCUT2D eigenvalue weighted by molar-refractivity contribution is 0.0435. The molecule has 1 saturated carbocycles. The number of rotatable bonds is 5. The van der Waals surface area contributed by atoms with Crippen molar-refractivity contribution >= 4 is 21.8 Å². The van der Waals surface area contributed by atoms with Crippen molar-refractivity contribution in [1.82, 2.24) is 14.4 Å². The van der Waals surface area contributed by atoms with Gasteiger partial charge in [-0.3, -0.25) is 9.80 Å². The van der Waals surface area contributed by atoms with Crippen LogP contribution in [0.1, 0.15) is 32.1 Å². The van der Waals surface area contributed by atoms with Gasteiger partial charge < -0.3 is 9.67 Å². The average Bonchev–Trinajstić information content (AvgIpc) is 3.09. The Balaban J connectivity index is 1.24. The van der Waals surface area contributed by atoms with Crippen molar-refractivity contribution in [3.8, 4) is 0 Å². The molecule has 1 saturated heterocycles. The van der Waals surface area contributed by atoms with Crippen molar-refractivity contribution in [2.75, 3.05) is 32.7 Å². The Hall–Kier alpha value is -1.88. The Morgan fingerprint density at radius 3 is 1.97 bits per heavy atom. The van der Waals surface area contributed by atoms with Gasteiger partial charge in [-0.25, -0.2) is 0 Å². The van der Waals surface area contributed by atoms with Crippen LogP contribution in [0.4, 0.5) is 0 Å². The number of fused-ring (bicyclic) bond motifs is 3. The summed E-state index contributed by atoms with van der Waals surface area (Å²) in [7, 11) is 0. The Morgan fingerprint density at radius 1 is 0.759 bits per heavy atom. The maximum atomic E-state index is 10.9. The second kappa shape index (κ2) is 8.47. The molecule has 1 aliphatic heterocycles. The summed E-state index contributed by atoms with van der Waals surface area (Å²) in [5.41, 5.74) is 2.43. The van der Waals surface area contributed by atoms with Gasteiger partial charge in [0.2, 0.25) is 0 Å². The van der Waals surface area contributed by atoms with Gasteiger partial charge in [0.1, 0.15) is 0 Å². The molecule has 1 atom stereocenters. The van der Waals surface area contributed by atoms with Crippen molar-refractivity contribution in [3.05, 3.63) is 48.5 Å². The van der Waals surface area contributed by atoms with Gasteiger partial charge in [0, 0.05) is 60.6 Å². The Kier molecular flexibility index (Phi) is 5.58. The van der Waals surface area contributed by atoms with Crippen LogP contribution in [0, 0.1) is 0 Å². The predicted octanol–water partition coefficient (Wildman–Crippen LogP) is 4.11. The quantitative estimate of drug-likeness (QED) is 0.710. The zero-order chi connectivity index (χ0) is 19.6. The molecule has 1 unspecified atom stereocenters. The highest BCUT2D eigenvalue weighted by Crippen LogP contribution is 2.29. The highest BCUT2D eigenvalue weighted by atomic mass is 16.3. The summed E-state index contributed by atoms with van der Waals surface area (Å²) >= 11 is 0.